The minimum Gasteiger partial charge on any atom is -0.313 e. The predicted octanol–water partition coefficient (Wildman–Crippen LogP) is 3.61. The van der Waals surface area contributed by atoms with Crippen molar-refractivity contribution in [1.29, 1.82) is 0 Å². The van der Waals surface area contributed by atoms with Gasteiger partial charge in [-0.15, -0.1) is 6.58 Å². The van der Waals surface area contributed by atoms with Gasteiger partial charge in [-0.1, -0.05) is 33.3 Å². The average Bonchev–Trinajstić information content (AvgIpc) is 2.53. The summed E-state index contributed by atoms with van der Waals surface area (Å²) < 4.78 is 0. The van der Waals surface area contributed by atoms with Gasteiger partial charge in [-0.05, 0) is 38.0 Å². The lowest BCUT2D eigenvalue weighted by Crippen LogP contribution is -2.43. The van der Waals surface area contributed by atoms with E-state index in [4.69, 9.17) is 4.94 Å². The van der Waals surface area contributed by atoms with Crippen LogP contribution in [0.2, 0.25) is 0 Å². The molecule has 1 aliphatic rings. The van der Waals surface area contributed by atoms with Gasteiger partial charge < -0.3 is 5.32 Å². The lowest BCUT2D eigenvalue weighted by molar-refractivity contribution is -0.329. The van der Waals surface area contributed by atoms with Crippen molar-refractivity contribution in [2.45, 2.75) is 65.3 Å². The number of nitrogens with one attached hydrogen (secondary N) is 1. The van der Waals surface area contributed by atoms with Crippen LogP contribution in [0.4, 0.5) is 0 Å². The predicted molar refractivity (Wildman–Crippen MR) is 94.4 cm³/mol. The SMILES string of the molecule is C=CCCC(CCC)NCCN(CC)ON1CCC(C)CC1. The van der Waals surface area contributed by atoms with Crippen molar-refractivity contribution in [3.05, 3.63) is 12.7 Å². The Kier molecular flexibility index (Phi) is 10.8. The molecule has 0 aromatic rings. The largest absolute Gasteiger partial charge is 0.313 e. The zero-order valence-corrected chi connectivity index (χ0v) is 15.0. The number of nitrogens with zero attached hydrogens (tertiary/aromatic N) is 2. The summed E-state index contributed by atoms with van der Waals surface area (Å²) in [7, 11) is 0. The third-order valence-corrected chi connectivity index (χ3v) is 4.48. The molecular weight excluding hydrogens is 274 g/mol. The first-order valence-electron chi connectivity index (χ1n) is 9.21. The van der Waals surface area contributed by atoms with Crippen molar-refractivity contribution < 1.29 is 4.94 Å². The summed E-state index contributed by atoms with van der Waals surface area (Å²) in [4.78, 5) is 6.02. The molecule has 0 bridgehead atoms. The van der Waals surface area contributed by atoms with Gasteiger partial charge in [-0.3, -0.25) is 0 Å². The first-order chi connectivity index (χ1) is 10.7. The summed E-state index contributed by atoms with van der Waals surface area (Å²) in [5.74, 6) is 0.844. The van der Waals surface area contributed by atoms with E-state index in [0.717, 1.165) is 45.1 Å². The fourth-order valence-electron chi connectivity index (χ4n) is 2.90. The Balaban J connectivity index is 2.22. The third kappa shape index (κ3) is 8.28. The van der Waals surface area contributed by atoms with E-state index >= 15 is 0 Å². The fraction of sp³-hybridized carbons (Fsp3) is 0.889. The molecule has 1 atom stereocenters. The summed E-state index contributed by atoms with van der Waals surface area (Å²) in [5.41, 5.74) is 0. The van der Waals surface area contributed by atoms with E-state index in [1.54, 1.807) is 0 Å². The van der Waals surface area contributed by atoms with E-state index in [1.165, 1.54) is 32.1 Å². The number of hydroxylamine groups is 4. The average molecular weight is 312 g/mol. The number of rotatable bonds is 12. The van der Waals surface area contributed by atoms with Gasteiger partial charge in [-0.2, -0.15) is 10.1 Å². The minimum absolute atomic E-state index is 0.609. The maximum absolute atomic E-state index is 6.02. The maximum Gasteiger partial charge on any atom is 0.0384 e. The quantitative estimate of drug-likeness (QED) is 0.440. The van der Waals surface area contributed by atoms with Crippen LogP contribution in [0.25, 0.3) is 0 Å². The van der Waals surface area contributed by atoms with Gasteiger partial charge in [0.1, 0.15) is 0 Å². The molecule has 0 saturated carbocycles. The first kappa shape index (κ1) is 19.6. The van der Waals surface area contributed by atoms with Crippen LogP contribution in [0.3, 0.4) is 0 Å². The van der Waals surface area contributed by atoms with Gasteiger partial charge in [0, 0.05) is 38.8 Å². The Bertz CT molecular complexity index is 278. The van der Waals surface area contributed by atoms with E-state index in [2.05, 4.69) is 42.8 Å². The van der Waals surface area contributed by atoms with Crippen molar-refractivity contribution in [2.24, 2.45) is 5.92 Å². The molecule has 0 spiro atoms. The van der Waals surface area contributed by atoms with Gasteiger partial charge in [-0.25, -0.2) is 4.94 Å². The van der Waals surface area contributed by atoms with Crippen LogP contribution in [0.1, 0.15) is 59.3 Å². The second kappa shape index (κ2) is 12.1. The molecule has 0 radical (unpaired) electrons. The highest BCUT2D eigenvalue weighted by molar-refractivity contribution is 4.74. The molecule has 4 heteroatoms. The standard InChI is InChI=1S/C18H37N3O/c1-5-8-10-18(9-6-2)19-13-16-20(7-3)22-21-14-11-17(4)12-15-21/h5,17-19H,1,6-16H2,2-4H3. The molecule has 22 heavy (non-hydrogen) atoms. The summed E-state index contributed by atoms with van der Waals surface area (Å²) in [5, 5.41) is 7.89. The van der Waals surface area contributed by atoms with Crippen LogP contribution in [0, 0.1) is 5.92 Å². The highest BCUT2D eigenvalue weighted by Gasteiger charge is 2.18. The smallest absolute Gasteiger partial charge is 0.0384 e. The molecule has 1 heterocycles. The van der Waals surface area contributed by atoms with Crippen LogP contribution < -0.4 is 5.32 Å². The molecule has 130 valence electrons. The van der Waals surface area contributed by atoms with Crippen LogP contribution in [0.15, 0.2) is 12.7 Å². The summed E-state index contributed by atoms with van der Waals surface area (Å²) in [6.07, 6.45) is 9.26. The van der Waals surface area contributed by atoms with Crippen molar-refractivity contribution in [3.8, 4) is 0 Å². The van der Waals surface area contributed by atoms with Crippen LogP contribution >= 0.6 is 0 Å². The lowest BCUT2D eigenvalue weighted by Gasteiger charge is -2.33. The Labute approximate surface area is 137 Å². The molecule has 1 N–H and O–H groups in total. The molecule has 0 amide bonds. The monoisotopic (exact) mass is 311 g/mol. The first-order valence-corrected chi connectivity index (χ1v) is 9.21. The Morgan fingerprint density at radius 1 is 1.32 bits per heavy atom. The number of allylic oxidation sites excluding steroid dienone is 1. The third-order valence-electron chi connectivity index (χ3n) is 4.48. The topological polar surface area (TPSA) is 27.7 Å². The van der Waals surface area contributed by atoms with Gasteiger partial charge >= 0.3 is 0 Å². The van der Waals surface area contributed by atoms with Crippen LogP contribution in [-0.4, -0.2) is 48.9 Å². The number of hydrogen-bond acceptors (Lipinski definition) is 4. The second-order valence-corrected chi connectivity index (χ2v) is 6.52. The molecule has 1 saturated heterocycles. The fourth-order valence-corrected chi connectivity index (χ4v) is 2.90. The molecule has 0 aromatic heterocycles. The zero-order valence-electron chi connectivity index (χ0n) is 15.0. The number of hydrogen-bond donors (Lipinski definition) is 1. The van der Waals surface area contributed by atoms with Crippen molar-refractivity contribution in [2.75, 3.05) is 32.7 Å². The van der Waals surface area contributed by atoms with E-state index in [-0.39, 0.29) is 0 Å². The van der Waals surface area contributed by atoms with E-state index in [9.17, 15) is 0 Å². The van der Waals surface area contributed by atoms with Gasteiger partial charge in [0.2, 0.25) is 0 Å². The second-order valence-electron chi connectivity index (χ2n) is 6.52. The highest BCUT2D eigenvalue weighted by Crippen LogP contribution is 2.16. The molecule has 1 unspecified atom stereocenters. The summed E-state index contributed by atoms with van der Waals surface area (Å²) in [6.45, 7) is 15.5. The zero-order chi connectivity index (χ0) is 16.2. The van der Waals surface area contributed by atoms with E-state index in [1.807, 2.05) is 6.08 Å². The lowest BCUT2D eigenvalue weighted by atomic mass is 10.0. The Morgan fingerprint density at radius 2 is 2.05 bits per heavy atom. The van der Waals surface area contributed by atoms with E-state index in [0.29, 0.717) is 6.04 Å². The molecule has 0 aliphatic carbocycles. The molecule has 1 fully saturated rings. The Morgan fingerprint density at radius 3 is 2.64 bits per heavy atom. The van der Waals surface area contributed by atoms with E-state index < -0.39 is 0 Å². The molecule has 0 aromatic carbocycles. The van der Waals surface area contributed by atoms with Gasteiger partial charge in [0.25, 0.3) is 0 Å². The van der Waals surface area contributed by atoms with Gasteiger partial charge in [0.05, 0.1) is 0 Å². The summed E-state index contributed by atoms with van der Waals surface area (Å²) in [6, 6.07) is 0.609. The number of likely N-dealkylation sites (N-methyl/N-ethyl adjacent to an activating group) is 1. The molecular formula is C18H37N3O. The number of piperidine rings is 1. The normalized spacial score (nSPS) is 18.7. The molecule has 1 rings (SSSR count). The van der Waals surface area contributed by atoms with Gasteiger partial charge in [0.15, 0.2) is 0 Å². The Hall–Kier alpha value is -0.420. The summed E-state index contributed by atoms with van der Waals surface area (Å²) >= 11 is 0. The van der Waals surface area contributed by atoms with Crippen LogP contribution in [-0.2, 0) is 4.94 Å². The molecule has 4 nitrogen and oxygen atoms in total. The highest BCUT2D eigenvalue weighted by atomic mass is 16.8. The van der Waals surface area contributed by atoms with Crippen molar-refractivity contribution in [3.63, 3.8) is 0 Å². The molecule has 1 aliphatic heterocycles. The maximum atomic E-state index is 6.02. The van der Waals surface area contributed by atoms with Crippen molar-refractivity contribution in [1.82, 2.24) is 15.4 Å². The minimum atomic E-state index is 0.609. The van der Waals surface area contributed by atoms with Crippen molar-refractivity contribution >= 4 is 0 Å². The van der Waals surface area contributed by atoms with Crippen LogP contribution in [0.5, 0.6) is 0 Å².